The van der Waals surface area contributed by atoms with Gasteiger partial charge in [0, 0.05) is 23.3 Å². The third-order valence-corrected chi connectivity index (χ3v) is 4.81. The molecule has 0 aromatic carbocycles. The van der Waals surface area contributed by atoms with Gasteiger partial charge in [0.2, 0.25) is 0 Å². The second-order valence-electron chi connectivity index (χ2n) is 5.10. The van der Waals surface area contributed by atoms with Gasteiger partial charge in [-0.3, -0.25) is 9.78 Å². The van der Waals surface area contributed by atoms with Crippen LogP contribution in [0.15, 0.2) is 24.5 Å². The highest BCUT2D eigenvalue weighted by Crippen LogP contribution is 2.27. The number of amides is 1. The third kappa shape index (κ3) is 2.41. The molecule has 106 valence electrons. The number of nitrogens with one attached hydrogen (secondary N) is 2. The minimum absolute atomic E-state index is 0.0254. The number of hydrogen-bond donors (Lipinski definition) is 3. The van der Waals surface area contributed by atoms with Gasteiger partial charge in [0.05, 0.1) is 12.1 Å². The Hall–Kier alpha value is -1.53. The lowest BCUT2D eigenvalue weighted by atomic mass is 9.93. The fourth-order valence-corrected chi connectivity index (χ4v) is 3.82. The van der Waals surface area contributed by atoms with Gasteiger partial charge >= 0.3 is 0 Å². The minimum atomic E-state index is -0.498. The Morgan fingerprint density at radius 1 is 1.45 bits per heavy atom. The van der Waals surface area contributed by atoms with Crippen LogP contribution in [-0.2, 0) is 0 Å². The van der Waals surface area contributed by atoms with E-state index in [-0.39, 0.29) is 12.5 Å². The molecule has 0 spiro atoms. The van der Waals surface area contributed by atoms with Crippen molar-refractivity contribution >= 4 is 28.6 Å². The molecule has 0 atom stereocenters. The molecule has 6 heteroatoms. The van der Waals surface area contributed by atoms with Gasteiger partial charge in [-0.25, -0.2) is 0 Å². The predicted molar refractivity (Wildman–Crippen MR) is 79.9 cm³/mol. The average molecular weight is 291 g/mol. The molecule has 2 aromatic heterocycles. The number of aromatic nitrogens is 2. The van der Waals surface area contributed by atoms with E-state index in [4.69, 9.17) is 0 Å². The first-order chi connectivity index (χ1) is 9.74. The maximum atomic E-state index is 12.5. The number of H-pyrrole nitrogens is 1. The number of thioether (sulfide) groups is 1. The number of hydrogen-bond acceptors (Lipinski definition) is 4. The summed E-state index contributed by atoms with van der Waals surface area (Å²) in [5, 5.41) is 13.5. The van der Waals surface area contributed by atoms with Crippen molar-refractivity contribution in [2.75, 3.05) is 18.1 Å². The van der Waals surface area contributed by atoms with Crippen LogP contribution < -0.4 is 5.32 Å². The Balaban J connectivity index is 1.87. The lowest BCUT2D eigenvalue weighted by Crippen LogP contribution is -2.53. The molecule has 1 saturated heterocycles. The third-order valence-electron chi connectivity index (χ3n) is 3.83. The summed E-state index contributed by atoms with van der Waals surface area (Å²) in [4.78, 5) is 19.7. The molecule has 3 heterocycles. The monoisotopic (exact) mass is 291 g/mol. The van der Waals surface area contributed by atoms with Crippen LogP contribution in [0, 0.1) is 0 Å². The van der Waals surface area contributed by atoms with Crippen molar-refractivity contribution in [3.8, 4) is 0 Å². The summed E-state index contributed by atoms with van der Waals surface area (Å²) in [6.07, 6.45) is 5.00. The van der Waals surface area contributed by atoms with Gasteiger partial charge in [0.1, 0.15) is 5.69 Å². The van der Waals surface area contributed by atoms with E-state index in [2.05, 4.69) is 15.3 Å². The molecule has 0 radical (unpaired) electrons. The number of fused-ring (bicyclic) bond motifs is 1. The van der Waals surface area contributed by atoms with Gasteiger partial charge in [-0.15, -0.1) is 0 Å². The molecule has 1 amide bonds. The summed E-state index contributed by atoms with van der Waals surface area (Å²) in [6.45, 7) is -0.0254. The molecule has 1 aliphatic rings. The summed E-state index contributed by atoms with van der Waals surface area (Å²) in [7, 11) is 0. The Morgan fingerprint density at radius 3 is 3.00 bits per heavy atom. The summed E-state index contributed by atoms with van der Waals surface area (Å²) in [6, 6.07) is 3.69. The highest BCUT2D eigenvalue weighted by atomic mass is 32.2. The van der Waals surface area contributed by atoms with Crippen molar-refractivity contribution in [3.05, 3.63) is 30.2 Å². The second kappa shape index (κ2) is 5.46. The number of nitrogens with zero attached hydrogens (tertiary/aromatic N) is 1. The van der Waals surface area contributed by atoms with Gasteiger partial charge in [-0.05, 0) is 36.5 Å². The summed E-state index contributed by atoms with van der Waals surface area (Å²) >= 11 is 1.86. The van der Waals surface area contributed by atoms with Gasteiger partial charge in [0.25, 0.3) is 5.91 Å². The molecule has 3 N–H and O–H groups in total. The first-order valence-corrected chi connectivity index (χ1v) is 7.83. The number of rotatable bonds is 3. The molecule has 3 rings (SSSR count). The van der Waals surface area contributed by atoms with Crippen LogP contribution in [0.5, 0.6) is 0 Å². The lowest BCUT2D eigenvalue weighted by molar-refractivity contribution is 0.0814. The number of carbonyl (C=O) groups is 1. The van der Waals surface area contributed by atoms with Crippen LogP contribution in [0.2, 0.25) is 0 Å². The first-order valence-electron chi connectivity index (χ1n) is 6.67. The standard InChI is InChI=1S/C14H17N3O2S/c18-9-14(3-7-20-8-4-14)17-13(19)12-10-1-5-15-11(10)2-6-16-12/h1-2,5-6,15,18H,3-4,7-9H2,(H,17,19). The fraction of sp³-hybridized carbons (Fsp3) is 0.429. The minimum Gasteiger partial charge on any atom is -0.394 e. The number of carbonyl (C=O) groups excluding carboxylic acids is 1. The Labute approximate surface area is 121 Å². The van der Waals surface area contributed by atoms with Crippen molar-refractivity contribution in [3.63, 3.8) is 0 Å². The average Bonchev–Trinajstić information content (AvgIpc) is 2.96. The van der Waals surface area contributed by atoms with E-state index in [9.17, 15) is 9.90 Å². The van der Waals surface area contributed by atoms with Crippen molar-refractivity contribution in [2.45, 2.75) is 18.4 Å². The molecule has 0 aliphatic carbocycles. The maximum Gasteiger partial charge on any atom is 0.271 e. The largest absolute Gasteiger partial charge is 0.394 e. The number of aliphatic hydroxyl groups is 1. The van der Waals surface area contributed by atoms with Gasteiger partial charge < -0.3 is 15.4 Å². The Bertz CT molecular complexity index is 620. The number of pyridine rings is 1. The zero-order valence-corrected chi connectivity index (χ0v) is 11.9. The Kier molecular flexibility index (Phi) is 3.67. The molecule has 0 bridgehead atoms. The molecule has 0 saturated carbocycles. The second-order valence-corrected chi connectivity index (χ2v) is 6.33. The normalized spacial score (nSPS) is 18.1. The van der Waals surface area contributed by atoms with Crippen LogP contribution >= 0.6 is 11.8 Å². The zero-order valence-electron chi connectivity index (χ0n) is 11.1. The molecular formula is C14H17N3O2S. The van der Waals surface area contributed by atoms with Crippen LogP contribution in [0.3, 0.4) is 0 Å². The van der Waals surface area contributed by atoms with Crippen molar-refractivity contribution in [1.82, 2.24) is 15.3 Å². The van der Waals surface area contributed by atoms with Crippen molar-refractivity contribution in [1.29, 1.82) is 0 Å². The number of aromatic amines is 1. The van der Waals surface area contributed by atoms with E-state index in [0.717, 1.165) is 35.3 Å². The quantitative estimate of drug-likeness (QED) is 0.802. The van der Waals surface area contributed by atoms with E-state index < -0.39 is 5.54 Å². The smallest absolute Gasteiger partial charge is 0.271 e. The van der Waals surface area contributed by atoms with Crippen LogP contribution in [0.4, 0.5) is 0 Å². The van der Waals surface area contributed by atoms with E-state index in [0.29, 0.717) is 5.69 Å². The highest BCUT2D eigenvalue weighted by Gasteiger charge is 2.34. The van der Waals surface area contributed by atoms with Gasteiger partial charge in [-0.2, -0.15) is 11.8 Å². The maximum absolute atomic E-state index is 12.5. The topological polar surface area (TPSA) is 78.0 Å². The number of aliphatic hydroxyl groups excluding tert-OH is 1. The SMILES string of the molecule is O=C(NC1(CO)CCSCC1)c1nccc2[nH]ccc12. The fourth-order valence-electron chi connectivity index (χ4n) is 2.55. The van der Waals surface area contributed by atoms with E-state index >= 15 is 0 Å². The Morgan fingerprint density at radius 2 is 2.25 bits per heavy atom. The molecule has 20 heavy (non-hydrogen) atoms. The highest BCUT2D eigenvalue weighted by molar-refractivity contribution is 7.99. The first kappa shape index (κ1) is 13.5. The summed E-state index contributed by atoms with van der Waals surface area (Å²) in [5.74, 6) is 1.71. The van der Waals surface area contributed by atoms with Crippen molar-refractivity contribution < 1.29 is 9.90 Å². The molecule has 1 fully saturated rings. The van der Waals surface area contributed by atoms with Gasteiger partial charge in [0.15, 0.2) is 0 Å². The summed E-state index contributed by atoms with van der Waals surface area (Å²) < 4.78 is 0. The molecule has 0 unspecified atom stereocenters. The molecule has 2 aromatic rings. The molecular weight excluding hydrogens is 274 g/mol. The van der Waals surface area contributed by atoms with Gasteiger partial charge in [-0.1, -0.05) is 0 Å². The predicted octanol–water partition coefficient (Wildman–Crippen LogP) is 1.55. The van der Waals surface area contributed by atoms with Crippen molar-refractivity contribution in [2.24, 2.45) is 0 Å². The molecule has 1 aliphatic heterocycles. The van der Waals surface area contributed by atoms with Crippen LogP contribution in [0.25, 0.3) is 10.9 Å². The van der Waals surface area contributed by atoms with Crippen LogP contribution in [-0.4, -0.2) is 44.6 Å². The van der Waals surface area contributed by atoms with Crippen LogP contribution in [0.1, 0.15) is 23.3 Å². The zero-order chi connectivity index (χ0) is 14.0. The van der Waals surface area contributed by atoms with E-state index in [1.807, 2.05) is 23.9 Å². The van der Waals surface area contributed by atoms with E-state index in [1.165, 1.54) is 0 Å². The summed E-state index contributed by atoms with van der Waals surface area (Å²) in [5.41, 5.74) is 0.805. The van der Waals surface area contributed by atoms with E-state index in [1.54, 1.807) is 12.4 Å². The molecule has 5 nitrogen and oxygen atoms in total. The lowest BCUT2D eigenvalue weighted by Gasteiger charge is -2.36.